The summed E-state index contributed by atoms with van der Waals surface area (Å²) >= 11 is 3.37. The molecule has 0 spiro atoms. The number of anilines is 1. The van der Waals surface area contributed by atoms with Crippen LogP contribution in [0.1, 0.15) is 18.0 Å². The molecular weight excluding hydrogens is 410 g/mol. The number of hydrogen-bond donors (Lipinski definition) is 0. The van der Waals surface area contributed by atoms with Gasteiger partial charge in [0.1, 0.15) is 6.04 Å². The van der Waals surface area contributed by atoms with Crippen molar-refractivity contribution in [3.8, 4) is 0 Å². The van der Waals surface area contributed by atoms with Crippen molar-refractivity contribution < 1.29 is 14.4 Å². The monoisotopic (exact) mass is 425 g/mol. The predicted octanol–water partition coefficient (Wildman–Crippen LogP) is 2.51. The van der Waals surface area contributed by atoms with E-state index in [0.29, 0.717) is 18.7 Å². The number of carbonyl (C=O) groups is 3. The van der Waals surface area contributed by atoms with E-state index in [9.17, 15) is 14.4 Å². The lowest BCUT2D eigenvalue weighted by atomic mass is 9.90. The number of hydrogen-bond acceptors (Lipinski definition) is 4. The highest BCUT2D eigenvalue weighted by Gasteiger charge is 2.64. The fourth-order valence-corrected chi connectivity index (χ4v) is 4.73. The van der Waals surface area contributed by atoms with Gasteiger partial charge in [0.15, 0.2) is 0 Å². The van der Waals surface area contributed by atoms with Crippen LogP contribution in [-0.2, 0) is 14.4 Å². The summed E-state index contributed by atoms with van der Waals surface area (Å²) in [5, 5.41) is 3.43. The van der Waals surface area contributed by atoms with Crippen LogP contribution in [0.3, 0.4) is 0 Å². The van der Waals surface area contributed by atoms with Gasteiger partial charge in [0.05, 0.1) is 17.6 Å². The molecule has 3 fully saturated rings. The van der Waals surface area contributed by atoms with Crippen molar-refractivity contribution in [2.75, 3.05) is 11.4 Å². The van der Waals surface area contributed by atoms with Crippen LogP contribution >= 0.6 is 15.9 Å². The van der Waals surface area contributed by atoms with Gasteiger partial charge in [-0.1, -0.05) is 46.3 Å². The predicted molar refractivity (Wildman–Crippen MR) is 101 cm³/mol. The van der Waals surface area contributed by atoms with Crippen LogP contribution in [0.25, 0.3) is 0 Å². The lowest BCUT2D eigenvalue weighted by Gasteiger charge is -2.29. The number of fused-ring (bicyclic) bond motifs is 3. The van der Waals surface area contributed by atoms with E-state index in [1.807, 2.05) is 35.3 Å². The Balaban J connectivity index is 1.61. The van der Waals surface area contributed by atoms with Crippen LogP contribution in [0.4, 0.5) is 5.69 Å². The van der Waals surface area contributed by atoms with Crippen LogP contribution in [0.2, 0.25) is 0 Å². The van der Waals surface area contributed by atoms with Crippen LogP contribution in [0.5, 0.6) is 0 Å². The summed E-state index contributed by atoms with van der Waals surface area (Å²) in [6.45, 7) is 0.532. The van der Waals surface area contributed by atoms with Gasteiger partial charge in [0.25, 0.3) is 5.91 Å². The van der Waals surface area contributed by atoms with Crippen molar-refractivity contribution >= 4 is 39.3 Å². The molecule has 0 aromatic heterocycles. The average Bonchev–Trinajstić information content (AvgIpc) is 3.28. The molecule has 6 nitrogen and oxygen atoms in total. The Hall–Kier alpha value is -2.51. The summed E-state index contributed by atoms with van der Waals surface area (Å²) in [5.41, 5.74) is 1.48. The van der Waals surface area contributed by atoms with Gasteiger partial charge in [-0.15, -0.1) is 0 Å². The number of imide groups is 1. The first-order valence-corrected chi connectivity index (χ1v) is 9.64. The minimum atomic E-state index is -0.763. The first kappa shape index (κ1) is 16.6. The number of carbonyl (C=O) groups excluding carboxylic acids is 3. The van der Waals surface area contributed by atoms with Crippen molar-refractivity contribution in [2.24, 2.45) is 5.92 Å². The Morgan fingerprint density at radius 2 is 1.56 bits per heavy atom. The van der Waals surface area contributed by atoms with Gasteiger partial charge in [-0.3, -0.25) is 19.4 Å². The molecule has 0 aliphatic carbocycles. The van der Waals surface area contributed by atoms with E-state index in [-0.39, 0.29) is 23.8 Å². The third-order valence-electron chi connectivity index (χ3n) is 5.56. The van der Waals surface area contributed by atoms with E-state index >= 15 is 0 Å². The lowest BCUT2D eigenvalue weighted by molar-refractivity contribution is -0.143. The van der Waals surface area contributed by atoms with Crippen LogP contribution < -0.4 is 4.90 Å². The normalized spacial score (nSPS) is 27.4. The second kappa shape index (κ2) is 6.00. The minimum Gasteiger partial charge on any atom is -0.274 e. The summed E-state index contributed by atoms with van der Waals surface area (Å²) in [6, 6.07) is 15.7. The summed E-state index contributed by atoms with van der Waals surface area (Å²) in [4.78, 5) is 40.3. The highest BCUT2D eigenvalue weighted by Crippen LogP contribution is 2.49. The van der Waals surface area contributed by atoms with E-state index in [4.69, 9.17) is 0 Å². The molecular formula is C20H16BrN3O3. The number of amides is 3. The summed E-state index contributed by atoms with van der Waals surface area (Å²) < 4.78 is 0.869. The Kier molecular flexibility index (Phi) is 3.70. The highest BCUT2D eigenvalue weighted by atomic mass is 79.9. The zero-order chi connectivity index (χ0) is 18.7. The van der Waals surface area contributed by atoms with Gasteiger partial charge >= 0.3 is 0 Å². The average molecular weight is 426 g/mol. The fraction of sp³-hybridized carbons (Fsp3) is 0.250. The third kappa shape index (κ3) is 2.31. The molecule has 0 saturated carbocycles. The van der Waals surface area contributed by atoms with Crippen molar-refractivity contribution in [2.45, 2.75) is 18.5 Å². The first-order valence-electron chi connectivity index (χ1n) is 8.85. The van der Waals surface area contributed by atoms with Crippen molar-refractivity contribution in [3.05, 3.63) is 64.6 Å². The molecule has 2 aromatic carbocycles. The molecule has 2 aromatic rings. The molecule has 3 saturated heterocycles. The molecule has 3 heterocycles. The smallest absolute Gasteiger partial charge is 0.259 e. The lowest BCUT2D eigenvalue weighted by Crippen LogP contribution is -2.45. The van der Waals surface area contributed by atoms with Crippen molar-refractivity contribution in [1.29, 1.82) is 0 Å². The minimum absolute atomic E-state index is 0.0952. The molecule has 3 aliphatic heterocycles. The zero-order valence-corrected chi connectivity index (χ0v) is 15.9. The van der Waals surface area contributed by atoms with Gasteiger partial charge in [-0.2, -0.15) is 0 Å². The van der Waals surface area contributed by atoms with Gasteiger partial charge in [0.2, 0.25) is 11.8 Å². The van der Waals surface area contributed by atoms with Crippen molar-refractivity contribution in [3.63, 3.8) is 0 Å². The topological polar surface area (TPSA) is 60.9 Å². The first-order chi connectivity index (χ1) is 13.1. The third-order valence-corrected chi connectivity index (χ3v) is 6.09. The molecule has 3 amide bonds. The second-order valence-electron chi connectivity index (χ2n) is 6.97. The second-order valence-corrected chi connectivity index (χ2v) is 7.88. The molecule has 3 atom stereocenters. The SMILES string of the molecule is O=C1[C@H]2[C@@H](c3ccccc3)N3CCC(=O)N3[C@H]2C(=O)N1c1ccc(Br)cc1. The Bertz CT molecular complexity index is 947. The summed E-state index contributed by atoms with van der Waals surface area (Å²) in [7, 11) is 0. The molecule has 0 bridgehead atoms. The molecule has 5 rings (SSSR count). The van der Waals surface area contributed by atoms with Gasteiger partial charge in [-0.05, 0) is 29.8 Å². The standard InChI is InChI=1S/C20H16BrN3O3/c21-13-6-8-14(9-7-13)23-19(26)16-17(12-4-2-1-3-5-12)22-11-10-15(25)24(22)18(16)20(23)27/h1-9,16-18H,10-11H2/t16-,17+,18+/m0/s1. The van der Waals surface area contributed by atoms with Gasteiger partial charge in [-0.25, -0.2) is 9.91 Å². The maximum absolute atomic E-state index is 13.3. The van der Waals surface area contributed by atoms with Gasteiger partial charge < -0.3 is 0 Å². The van der Waals surface area contributed by atoms with E-state index < -0.39 is 12.0 Å². The number of rotatable bonds is 2. The molecule has 0 radical (unpaired) electrons. The largest absolute Gasteiger partial charge is 0.274 e. The quantitative estimate of drug-likeness (QED) is 0.693. The molecule has 3 aliphatic rings. The van der Waals surface area contributed by atoms with Crippen LogP contribution in [0, 0.1) is 5.92 Å². The fourth-order valence-electron chi connectivity index (χ4n) is 4.47. The number of halogens is 1. The molecule has 7 heteroatoms. The Morgan fingerprint density at radius 3 is 2.26 bits per heavy atom. The van der Waals surface area contributed by atoms with E-state index in [1.54, 1.807) is 24.3 Å². The van der Waals surface area contributed by atoms with Gasteiger partial charge in [0, 0.05) is 17.4 Å². The number of benzene rings is 2. The molecule has 136 valence electrons. The molecule has 0 unspecified atom stereocenters. The highest BCUT2D eigenvalue weighted by molar-refractivity contribution is 9.10. The molecule has 27 heavy (non-hydrogen) atoms. The zero-order valence-electron chi connectivity index (χ0n) is 14.3. The maximum atomic E-state index is 13.3. The Labute approximate surface area is 164 Å². The van der Waals surface area contributed by atoms with Crippen molar-refractivity contribution in [1.82, 2.24) is 10.0 Å². The van der Waals surface area contributed by atoms with E-state index in [0.717, 1.165) is 10.0 Å². The summed E-state index contributed by atoms with van der Waals surface area (Å²) in [6.07, 6.45) is 0.367. The van der Waals surface area contributed by atoms with E-state index in [2.05, 4.69) is 15.9 Å². The summed E-state index contributed by atoms with van der Waals surface area (Å²) in [5.74, 6) is -1.26. The molecule has 0 N–H and O–H groups in total. The van der Waals surface area contributed by atoms with Crippen LogP contribution in [-0.4, -0.2) is 40.3 Å². The Morgan fingerprint density at radius 1 is 0.852 bits per heavy atom. The van der Waals surface area contributed by atoms with Crippen LogP contribution in [0.15, 0.2) is 59.1 Å². The number of hydrazine groups is 1. The maximum Gasteiger partial charge on any atom is 0.259 e. The van der Waals surface area contributed by atoms with E-state index in [1.165, 1.54) is 9.91 Å². The number of nitrogens with zero attached hydrogens (tertiary/aromatic N) is 3.